The van der Waals surface area contributed by atoms with Crippen LogP contribution in [0.5, 0.6) is 11.5 Å². The number of rotatable bonds is 10. The quantitative estimate of drug-likeness (QED) is 0.119. The molecule has 0 amide bonds. The van der Waals surface area contributed by atoms with E-state index in [-0.39, 0.29) is 28.2 Å². The van der Waals surface area contributed by atoms with Crippen LogP contribution in [0.3, 0.4) is 0 Å². The van der Waals surface area contributed by atoms with Crippen molar-refractivity contribution in [3.63, 3.8) is 0 Å². The Balaban J connectivity index is 1.42. The number of carbonyl (C=O) groups excluding carboxylic acids is 1. The fourth-order valence-corrected chi connectivity index (χ4v) is 4.05. The summed E-state index contributed by atoms with van der Waals surface area (Å²) >= 11 is 0. The van der Waals surface area contributed by atoms with Crippen molar-refractivity contribution in [3.05, 3.63) is 107 Å². The Labute approximate surface area is 220 Å². The van der Waals surface area contributed by atoms with Gasteiger partial charge in [0.25, 0.3) is 0 Å². The number of ether oxygens (including phenoxy) is 2. The van der Waals surface area contributed by atoms with Gasteiger partial charge < -0.3 is 9.47 Å². The molecule has 0 atom stereocenters. The van der Waals surface area contributed by atoms with Gasteiger partial charge in [-0.05, 0) is 48.7 Å². The van der Waals surface area contributed by atoms with Crippen LogP contribution in [0.4, 0.5) is 13.2 Å². The summed E-state index contributed by atoms with van der Waals surface area (Å²) in [6, 6.07) is 20.1. The van der Waals surface area contributed by atoms with Gasteiger partial charge in [-0.2, -0.15) is 0 Å². The largest absolute Gasteiger partial charge is 0.491 e. The molecule has 4 aromatic rings. The fourth-order valence-electron chi connectivity index (χ4n) is 4.05. The third kappa shape index (κ3) is 6.43. The molecule has 0 spiro atoms. The van der Waals surface area contributed by atoms with Crippen molar-refractivity contribution >= 4 is 5.97 Å². The smallest absolute Gasteiger partial charge is 0.343 e. The topological polar surface area (TPSA) is 35.5 Å². The van der Waals surface area contributed by atoms with Crippen LogP contribution in [0, 0.1) is 24.4 Å². The molecular formula is C32H29F3O3. The van der Waals surface area contributed by atoms with Gasteiger partial charge >= 0.3 is 5.97 Å². The first-order chi connectivity index (χ1) is 18.4. The van der Waals surface area contributed by atoms with E-state index in [4.69, 9.17) is 9.47 Å². The van der Waals surface area contributed by atoms with Crippen LogP contribution in [0.1, 0.15) is 48.5 Å². The Morgan fingerprint density at radius 3 is 1.92 bits per heavy atom. The van der Waals surface area contributed by atoms with Crippen LogP contribution in [0.15, 0.2) is 78.9 Å². The van der Waals surface area contributed by atoms with Crippen molar-refractivity contribution < 1.29 is 27.4 Å². The van der Waals surface area contributed by atoms with Gasteiger partial charge in [-0.1, -0.05) is 80.3 Å². The summed E-state index contributed by atoms with van der Waals surface area (Å²) in [5.74, 6) is -3.09. The van der Waals surface area contributed by atoms with Gasteiger partial charge in [-0.25, -0.2) is 18.0 Å². The molecule has 0 aliphatic rings. The van der Waals surface area contributed by atoms with E-state index in [1.807, 2.05) is 19.1 Å². The van der Waals surface area contributed by atoms with E-state index in [1.54, 1.807) is 12.1 Å². The minimum Gasteiger partial charge on any atom is -0.491 e. The summed E-state index contributed by atoms with van der Waals surface area (Å²) in [4.78, 5) is 12.6. The summed E-state index contributed by atoms with van der Waals surface area (Å²) in [5, 5.41) is 0. The molecule has 4 aromatic carbocycles. The number of aryl methyl sites for hydroxylation is 1. The van der Waals surface area contributed by atoms with Crippen LogP contribution in [0.2, 0.25) is 0 Å². The van der Waals surface area contributed by atoms with Crippen molar-refractivity contribution in [1.82, 2.24) is 0 Å². The van der Waals surface area contributed by atoms with Gasteiger partial charge in [0.1, 0.15) is 5.75 Å². The second kappa shape index (κ2) is 12.5. The van der Waals surface area contributed by atoms with Crippen molar-refractivity contribution in [1.29, 1.82) is 0 Å². The Hall–Kier alpha value is -4.06. The molecule has 0 bridgehead atoms. The predicted molar refractivity (Wildman–Crippen MR) is 143 cm³/mol. The number of benzene rings is 4. The second-order valence-corrected chi connectivity index (χ2v) is 9.12. The summed E-state index contributed by atoms with van der Waals surface area (Å²) < 4.78 is 54.9. The predicted octanol–water partition coefficient (Wildman–Crippen LogP) is 8.92. The normalized spacial score (nSPS) is 10.9. The first kappa shape index (κ1) is 27.0. The van der Waals surface area contributed by atoms with Crippen molar-refractivity contribution in [3.8, 4) is 33.8 Å². The van der Waals surface area contributed by atoms with E-state index in [1.165, 1.54) is 48.5 Å². The second-order valence-electron chi connectivity index (χ2n) is 9.12. The van der Waals surface area contributed by atoms with Crippen LogP contribution in [-0.4, -0.2) is 12.6 Å². The van der Waals surface area contributed by atoms with Crippen LogP contribution >= 0.6 is 0 Å². The van der Waals surface area contributed by atoms with Crippen LogP contribution < -0.4 is 9.47 Å². The molecular weight excluding hydrogens is 489 g/mol. The van der Waals surface area contributed by atoms with Gasteiger partial charge in [0.2, 0.25) is 0 Å². The van der Waals surface area contributed by atoms with E-state index in [0.717, 1.165) is 37.3 Å². The number of hydrogen-bond acceptors (Lipinski definition) is 3. The van der Waals surface area contributed by atoms with Crippen LogP contribution in [0.25, 0.3) is 22.3 Å². The molecule has 0 unspecified atom stereocenters. The number of unbranched alkanes of at least 4 members (excludes halogenated alkanes) is 3. The molecule has 4 rings (SSSR count). The molecule has 3 nitrogen and oxygen atoms in total. The van der Waals surface area contributed by atoms with E-state index >= 15 is 0 Å². The summed E-state index contributed by atoms with van der Waals surface area (Å²) in [6.07, 6.45) is 4.07. The Bertz CT molecular complexity index is 1400. The van der Waals surface area contributed by atoms with E-state index < -0.39 is 23.4 Å². The molecule has 6 heteroatoms. The lowest BCUT2D eigenvalue weighted by Gasteiger charge is -2.11. The standard InChI is InChI=1S/C32H29F3O3/c1-3-4-5-6-19-37-29-18-15-25(20-28(29)33)38-32(36)24-13-11-23(12-14-24)27-17-16-26(30(34)31(27)35)22-9-7-21(2)8-10-22/h7-18,20H,3-6,19H2,1-2H3. The fraction of sp³-hybridized carbons (Fsp3) is 0.219. The maximum atomic E-state index is 14.9. The highest BCUT2D eigenvalue weighted by molar-refractivity contribution is 5.91. The van der Waals surface area contributed by atoms with Gasteiger partial charge in [-0.15, -0.1) is 0 Å². The van der Waals surface area contributed by atoms with E-state index in [2.05, 4.69) is 6.92 Å². The van der Waals surface area contributed by atoms with E-state index in [9.17, 15) is 18.0 Å². The highest BCUT2D eigenvalue weighted by Crippen LogP contribution is 2.32. The third-order valence-electron chi connectivity index (χ3n) is 6.25. The molecule has 196 valence electrons. The zero-order valence-corrected chi connectivity index (χ0v) is 21.4. The number of halogens is 3. The lowest BCUT2D eigenvalue weighted by Crippen LogP contribution is -2.09. The van der Waals surface area contributed by atoms with Crippen LogP contribution in [-0.2, 0) is 0 Å². The zero-order chi connectivity index (χ0) is 27.1. The Morgan fingerprint density at radius 2 is 1.34 bits per heavy atom. The van der Waals surface area contributed by atoms with Gasteiger partial charge in [-0.3, -0.25) is 0 Å². The lowest BCUT2D eigenvalue weighted by molar-refractivity contribution is 0.0734. The highest BCUT2D eigenvalue weighted by Gasteiger charge is 2.17. The number of esters is 1. The monoisotopic (exact) mass is 518 g/mol. The highest BCUT2D eigenvalue weighted by atomic mass is 19.2. The molecule has 0 saturated carbocycles. The van der Waals surface area contributed by atoms with Gasteiger partial charge in [0.05, 0.1) is 12.2 Å². The maximum absolute atomic E-state index is 14.9. The summed E-state index contributed by atoms with van der Waals surface area (Å²) in [6.45, 7) is 4.45. The molecule has 0 aliphatic heterocycles. The van der Waals surface area contributed by atoms with Crippen molar-refractivity contribution in [2.75, 3.05) is 6.61 Å². The number of hydrogen-bond donors (Lipinski definition) is 0. The third-order valence-corrected chi connectivity index (χ3v) is 6.25. The van der Waals surface area contributed by atoms with Gasteiger partial charge in [0.15, 0.2) is 23.2 Å². The molecule has 38 heavy (non-hydrogen) atoms. The molecule has 0 radical (unpaired) electrons. The molecule has 0 aliphatic carbocycles. The minimum absolute atomic E-state index is 0.0368. The average molecular weight is 519 g/mol. The zero-order valence-electron chi connectivity index (χ0n) is 21.4. The molecule has 0 heterocycles. The molecule has 0 N–H and O–H groups in total. The van der Waals surface area contributed by atoms with E-state index in [0.29, 0.717) is 17.7 Å². The van der Waals surface area contributed by atoms with Crippen molar-refractivity contribution in [2.45, 2.75) is 39.5 Å². The molecule has 0 saturated heterocycles. The Morgan fingerprint density at radius 1 is 0.737 bits per heavy atom. The van der Waals surface area contributed by atoms with Crippen molar-refractivity contribution in [2.24, 2.45) is 0 Å². The first-order valence-electron chi connectivity index (χ1n) is 12.7. The maximum Gasteiger partial charge on any atom is 0.343 e. The molecule has 0 aromatic heterocycles. The average Bonchev–Trinajstić information content (AvgIpc) is 2.92. The first-order valence-corrected chi connectivity index (χ1v) is 12.7. The summed E-state index contributed by atoms with van der Waals surface area (Å²) in [7, 11) is 0. The van der Waals surface area contributed by atoms with Gasteiger partial charge in [0, 0.05) is 17.2 Å². The lowest BCUT2D eigenvalue weighted by atomic mass is 9.98. The SMILES string of the molecule is CCCCCCOc1ccc(OC(=O)c2ccc(-c3ccc(-c4ccc(C)cc4)c(F)c3F)cc2)cc1F. The minimum atomic E-state index is -0.971. The Kier molecular flexibility index (Phi) is 8.85. The summed E-state index contributed by atoms with van der Waals surface area (Å²) in [5.41, 5.74) is 2.44. The molecule has 0 fully saturated rings. The number of carbonyl (C=O) groups is 1.